The fourth-order valence-corrected chi connectivity index (χ4v) is 5.70. The molecule has 0 saturated carbocycles. The summed E-state index contributed by atoms with van der Waals surface area (Å²) in [6.07, 6.45) is 3.08. The lowest BCUT2D eigenvalue weighted by Crippen LogP contribution is -2.47. The Morgan fingerprint density at radius 2 is 1.97 bits per heavy atom. The van der Waals surface area contributed by atoms with Gasteiger partial charge in [0, 0.05) is 24.5 Å². The van der Waals surface area contributed by atoms with E-state index < -0.39 is 6.04 Å². The molecule has 2 aliphatic heterocycles. The predicted octanol–water partition coefficient (Wildman–Crippen LogP) is 3.27. The molecule has 0 aromatic carbocycles. The van der Waals surface area contributed by atoms with Gasteiger partial charge >= 0.3 is 0 Å². The average Bonchev–Trinajstić information content (AvgIpc) is 3.52. The Balaban J connectivity index is 1.31. The number of nitrogens with one attached hydrogen (secondary N) is 1. The van der Waals surface area contributed by atoms with Gasteiger partial charge in [-0.1, -0.05) is 12.1 Å². The number of hydrogen-bond donors (Lipinski definition) is 1. The summed E-state index contributed by atoms with van der Waals surface area (Å²) in [5.74, 6) is -0.728. The molecule has 0 bridgehead atoms. The highest BCUT2D eigenvalue weighted by Crippen LogP contribution is 2.32. The van der Waals surface area contributed by atoms with Crippen molar-refractivity contribution in [1.29, 1.82) is 0 Å². The maximum absolute atomic E-state index is 12.6. The van der Waals surface area contributed by atoms with E-state index in [-0.39, 0.29) is 36.1 Å². The summed E-state index contributed by atoms with van der Waals surface area (Å²) in [6.45, 7) is 0.801. The molecule has 2 aliphatic rings. The van der Waals surface area contributed by atoms with Crippen molar-refractivity contribution in [3.8, 4) is 0 Å². The van der Waals surface area contributed by atoms with Crippen molar-refractivity contribution >= 4 is 63.5 Å². The molecule has 2 fully saturated rings. The minimum absolute atomic E-state index is 0.101. The smallest absolute Gasteiger partial charge is 0.293 e. The standard InChI is InChI=1S/C20H19N3O4S3/c24-17(14-5-1-8-22(14)18(25)15-6-3-11-29-15)21-7-9-23-19(26)16(30-20(23)27)12-13-4-2-10-28-13/h2-4,6,10-12,14H,1,5,7-9H2,(H,21,24)/b16-12-. The van der Waals surface area contributed by atoms with Crippen LogP contribution in [0, 0.1) is 0 Å². The normalized spacial score (nSPS) is 20.4. The second-order valence-corrected chi connectivity index (χ2v) is 9.69. The first kappa shape index (κ1) is 20.8. The Morgan fingerprint density at radius 1 is 1.17 bits per heavy atom. The van der Waals surface area contributed by atoms with Crippen LogP contribution in [0.3, 0.4) is 0 Å². The van der Waals surface area contributed by atoms with Crippen LogP contribution in [0.25, 0.3) is 6.08 Å². The Bertz CT molecular complexity index is 985. The molecule has 0 radical (unpaired) electrons. The minimum atomic E-state index is -0.520. The van der Waals surface area contributed by atoms with Crippen LogP contribution >= 0.6 is 34.4 Å². The molecule has 1 unspecified atom stereocenters. The molecule has 1 atom stereocenters. The zero-order chi connectivity index (χ0) is 21.1. The van der Waals surface area contributed by atoms with Crippen LogP contribution in [-0.2, 0) is 9.59 Å². The molecule has 0 spiro atoms. The summed E-state index contributed by atoms with van der Waals surface area (Å²) in [6, 6.07) is 6.80. The lowest BCUT2D eigenvalue weighted by molar-refractivity contribution is -0.126. The molecule has 7 nitrogen and oxygen atoms in total. The fourth-order valence-electron chi connectivity index (χ4n) is 3.43. The van der Waals surface area contributed by atoms with E-state index in [1.807, 2.05) is 29.0 Å². The van der Waals surface area contributed by atoms with E-state index in [0.717, 1.165) is 28.0 Å². The van der Waals surface area contributed by atoms with E-state index in [2.05, 4.69) is 5.32 Å². The predicted molar refractivity (Wildman–Crippen MR) is 118 cm³/mol. The van der Waals surface area contributed by atoms with Crippen molar-refractivity contribution in [2.75, 3.05) is 19.6 Å². The summed E-state index contributed by atoms with van der Waals surface area (Å²) in [5.41, 5.74) is 0. The summed E-state index contributed by atoms with van der Waals surface area (Å²) < 4.78 is 0. The maximum Gasteiger partial charge on any atom is 0.293 e. The van der Waals surface area contributed by atoms with Crippen molar-refractivity contribution < 1.29 is 19.2 Å². The summed E-state index contributed by atoms with van der Waals surface area (Å²) >= 11 is 3.76. The molecule has 0 aliphatic carbocycles. The van der Waals surface area contributed by atoms with Crippen LogP contribution in [0.4, 0.5) is 4.79 Å². The molecular weight excluding hydrogens is 442 g/mol. The van der Waals surface area contributed by atoms with Crippen LogP contribution in [-0.4, -0.2) is 58.4 Å². The quantitative estimate of drug-likeness (QED) is 0.668. The number of thiophene rings is 2. The van der Waals surface area contributed by atoms with Crippen LogP contribution in [0.1, 0.15) is 27.4 Å². The zero-order valence-corrected chi connectivity index (χ0v) is 18.4. The third kappa shape index (κ3) is 4.35. The van der Waals surface area contributed by atoms with E-state index >= 15 is 0 Å². The van der Waals surface area contributed by atoms with Gasteiger partial charge < -0.3 is 10.2 Å². The molecular formula is C20H19N3O4S3. The van der Waals surface area contributed by atoms with Gasteiger partial charge in [-0.2, -0.15) is 0 Å². The SMILES string of the molecule is O=C(NCCN1C(=O)S/C(=C\c2cccs2)C1=O)C1CCCN1C(=O)c1cccs1. The molecule has 2 aromatic rings. The van der Waals surface area contributed by atoms with Gasteiger partial charge in [-0.3, -0.25) is 24.1 Å². The van der Waals surface area contributed by atoms with E-state index in [9.17, 15) is 19.2 Å². The first-order valence-corrected chi connectivity index (χ1v) is 12.0. The fraction of sp³-hybridized carbons (Fsp3) is 0.300. The number of thioether (sulfide) groups is 1. The highest BCUT2D eigenvalue weighted by Gasteiger charge is 2.36. The molecule has 4 heterocycles. The molecule has 2 saturated heterocycles. The number of nitrogens with zero attached hydrogens (tertiary/aromatic N) is 2. The first-order chi connectivity index (χ1) is 14.5. The third-order valence-electron chi connectivity index (χ3n) is 4.87. The molecule has 30 heavy (non-hydrogen) atoms. The minimum Gasteiger partial charge on any atom is -0.353 e. The second-order valence-electron chi connectivity index (χ2n) is 6.77. The van der Waals surface area contributed by atoms with Gasteiger partial charge in [0.15, 0.2) is 0 Å². The number of carbonyl (C=O) groups excluding carboxylic acids is 4. The number of amides is 4. The Hall–Kier alpha value is -2.43. The van der Waals surface area contributed by atoms with Crippen LogP contribution in [0.2, 0.25) is 0 Å². The van der Waals surface area contributed by atoms with E-state index in [0.29, 0.717) is 22.7 Å². The summed E-state index contributed by atoms with van der Waals surface area (Å²) in [7, 11) is 0. The second kappa shape index (κ2) is 9.15. The number of imide groups is 1. The topological polar surface area (TPSA) is 86.8 Å². The van der Waals surface area contributed by atoms with E-state index in [4.69, 9.17) is 0 Å². The van der Waals surface area contributed by atoms with Gasteiger partial charge in [-0.15, -0.1) is 22.7 Å². The largest absolute Gasteiger partial charge is 0.353 e. The molecule has 1 N–H and O–H groups in total. The van der Waals surface area contributed by atoms with Gasteiger partial charge in [0.2, 0.25) is 5.91 Å². The number of carbonyl (C=O) groups is 4. The molecule has 4 rings (SSSR count). The molecule has 2 aromatic heterocycles. The Morgan fingerprint density at radius 3 is 2.70 bits per heavy atom. The van der Waals surface area contributed by atoms with E-state index in [1.165, 1.54) is 22.7 Å². The third-order valence-corrected chi connectivity index (χ3v) is 7.46. The number of likely N-dealkylation sites (tertiary alicyclic amines) is 1. The lowest BCUT2D eigenvalue weighted by atomic mass is 10.2. The van der Waals surface area contributed by atoms with Gasteiger partial charge in [0.05, 0.1) is 9.78 Å². The monoisotopic (exact) mass is 461 g/mol. The zero-order valence-electron chi connectivity index (χ0n) is 15.9. The van der Waals surface area contributed by atoms with Gasteiger partial charge in [0.25, 0.3) is 17.1 Å². The van der Waals surface area contributed by atoms with Gasteiger partial charge in [-0.05, 0) is 53.6 Å². The average molecular weight is 462 g/mol. The Kier molecular flexibility index (Phi) is 6.35. The maximum atomic E-state index is 12.6. The van der Waals surface area contributed by atoms with Crippen LogP contribution in [0.15, 0.2) is 39.9 Å². The Labute approximate surface area is 185 Å². The van der Waals surface area contributed by atoms with Gasteiger partial charge in [0.1, 0.15) is 6.04 Å². The molecule has 156 valence electrons. The van der Waals surface area contributed by atoms with Crippen molar-refractivity contribution in [3.05, 3.63) is 49.7 Å². The van der Waals surface area contributed by atoms with Crippen molar-refractivity contribution in [2.24, 2.45) is 0 Å². The lowest BCUT2D eigenvalue weighted by Gasteiger charge is -2.23. The van der Waals surface area contributed by atoms with Crippen LogP contribution < -0.4 is 5.32 Å². The van der Waals surface area contributed by atoms with E-state index in [1.54, 1.807) is 17.0 Å². The highest BCUT2D eigenvalue weighted by atomic mass is 32.2. The molecule has 4 amide bonds. The first-order valence-electron chi connectivity index (χ1n) is 9.45. The van der Waals surface area contributed by atoms with Crippen molar-refractivity contribution in [3.63, 3.8) is 0 Å². The van der Waals surface area contributed by atoms with Gasteiger partial charge in [-0.25, -0.2) is 0 Å². The summed E-state index contributed by atoms with van der Waals surface area (Å²) in [4.78, 5) is 54.6. The molecule has 10 heteroatoms. The number of hydrogen-bond acceptors (Lipinski definition) is 7. The highest BCUT2D eigenvalue weighted by molar-refractivity contribution is 8.18. The van der Waals surface area contributed by atoms with Crippen LogP contribution in [0.5, 0.6) is 0 Å². The van der Waals surface area contributed by atoms with Crippen molar-refractivity contribution in [2.45, 2.75) is 18.9 Å². The number of rotatable bonds is 6. The summed E-state index contributed by atoms with van der Waals surface area (Å²) in [5, 5.41) is 6.18. The van der Waals surface area contributed by atoms with Crippen molar-refractivity contribution in [1.82, 2.24) is 15.1 Å².